The monoisotopic (exact) mass is 300 g/mol. The summed E-state index contributed by atoms with van der Waals surface area (Å²) in [6.45, 7) is 0.811. The van der Waals surface area contributed by atoms with Gasteiger partial charge >= 0.3 is 0 Å². The number of rotatable bonds is 4. The Morgan fingerprint density at radius 2 is 2.14 bits per heavy atom. The fraction of sp³-hybridized carbons (Fsp3) is 0.412. The van der Waals surface area contributed by atoms with Crippen molar-refractivity contribution in [1.82, 2.24) is 10.1 Å². The van der Waals surface area contributed by atoms with Gasteiger partial charge in [0.15, 0.2) is 0 Å². The van der Waals surface area contributed by atoms with Crippen molar-refractivity contribution in [3.8, 4) is 11.3 Å². The Bertz CT molecular complexity index is 622. The number of carbonyl (C=O) groups is 1. The molecule has 0 saturated carbocycles. The zero-order valence-electron chi connectivity index (χ0n) is 12.4. The summed E-state index contributed by atoms with van der Waals surface area (Å²) in [5.74, 6) is 0.136. The van der Waals surface area contributed by atoms with E-state index in [9.17, 15) is 4.79 Å². The van der Waals surface area contributed by atoms with Gasteiger partial charge < -0.3 is 14.5 Å². The van der Waals surface area contributed by atoms with E-state index in [1.165, 1.54) is 0 Å². The molecule has 22 heavy (non-hydrogen) atoms. The molecule has 0 radical (unpaired) electrons. The average Bonchev–Trinajstić information content (AvgIpc) is 3.06. The third-order valence-electron chi connectivity index (χ3n) is 4.14. The second-order valence-electron chi connectivity index (χ2n) is 5.60. The van der Waals surface area contributed by atoms with Gasteiger partial charge in [-0.25, -0.2) is 0 Å². The minimum absolute atomic E-state index is 0.0940. The molecule has 0 bridgehead atoms. The van der Waals surface area contributed by atoms with Crippen LogP contribution in [0, 0.1) is 0 Å². The van der Waals surface area contributed by atoms with Crippen LogP contribution in [-0.4, -0.2) is 40.3 Å². The second-order valence-corrected chi connectivity index (χ2v) is 5.60. The number of amides is 1. The summed E-state index contributed by atoms with van der Waals surface area (Å²) < 4.78 is 5.26. The van der Waals surface area contributed by atoms with Crippen molar-refractivity contribution in [3.63, 3.8) is 0 Å². The number of hydrogen-bond acceptors (Lipinski definition) is 4. The average molecular weight is 300 g/mol. The minimum atomic E-state index is -0.132. The first-order valence-electron chi connectivity index (χ1n) is 7.73. The van der Waals surface area contributed by atoms with Crippen LogP contribution in [-0.2, 0) is 0 Å². The molecule has 1 amide bonds. The summed E-state index contributed by atoms with van der Waals surface area (Å²) in [6, 6.07) is 11.4. The van der Waals surface area contributed by atoms with Gasteiger partial charge in [0.2, 0.25) is 5.76 Å². The molecule has 1 aromatic carbocycles. The Hall–Kier alpha value is -2.14. The number of likely N-dealkylation sites (tertiary alicyclic amines) is 1. The molecule has 1 aliphatic rings. The topological polar surface area (TPSA) is 66.6 Å². The van der Waals surface area contributed by atoms with Crippen molar-refractivity contribution >= 4 is 5.91 Å². The van der Waals surface area contributed by atoms with Crippen molar-refractivity contribution in [1.29, 1.82) is 0 Å². The van der Waals surface area contributed by atoms with Crippen LogP contribution in [0.25, 0.3) is 11.3 Å². The maximum Gasteiger partial charge on any atom is 0.292 e. The summed E-state index contributed by atoms with van der Waals surface area (Å²) in [4.78, 5) is 14.5. The molecule has 3 rings (SSSR count). The highest BCUT2D eigenvalue weighted by molar-refractivity contribution is 5.92. The first-order valence-corrected chi connectivity index (χ1v) is 7.73. The Kier molecular flexibility index (Phi) is 4.53. The lowest BCUT2D eigenvalue weighted by atomic mass is 9.99. The maximum atomic E-state index is 12.6. The van der Waals surface area contributed by atoms with Crippen molar-refractivity contribution in [3.05, 3.63) is 42.2 Å². The number of aromatic nitrogens is 1. The summed E-state index contributed by atoms with van der Waals surface area (Å²) in [7, 11) is 0. The fourth-order valence-corrected chi connectivity index (χ4v) is 2.98. The maximum absolute atomic E-state index is 12.6. The van der Waals surface area contributed by atoms with Crippen LogP contribution >= 0.6 is 0 Å². The Balaban J connectivity index is 1.78. The fourth-order valence-electron chi connectivity index (χ4n) is 2.98. The van der Waals surface area contributed by atoms with Gasteiger partial charge in [-0.2, -0.15) is 0 Å². The zero-order chi connectivity index (χ0) is 15.4. The summed E-state index contributed by atoms with van der Waals surface area (Å²) in [6.07, 6.45) is 3.64. The van der Waals surface area contributed by atoms with E-state index in [0.717, 1.165) is 24.8 Å². The minimum Gasteiger partial charge on any atom is -0.396 e. The van der Waals surface area contributed by atoms with E-state index in [2.05, 4.69) is 5.16 Å². The van der Waals surface area contributed by atoms with Gasteiger partial charge in [0.05, 0.1) is 0 Å². The molecule has 2 heterocycles. The van der Waals surface area contributed by atoms with Gasteiger partial charge in [0.1, 0.15) is 5.69 Å². The highest BCUT2D eigenvalue weighted by atomic mass is 16.5. The molecule has 0 spiro atoms. The number of hydrogen-bond donors (Lipinski definition) is 1. The lowest BCUT2D eigenvalue weighted by molar-refractivity contribution is 0.0533. The van der Waals surface area contributed by atoms with Crippen LogP contribution in [0.1, 0.15) is 36.2 Å². The number of piperidine rings is 1. The lowest BCUT2D eigenvalue weighted by Gasteiger charge is -2.34. The molecule has 5 heteroatoms. The molecule has 1 aromatic heterocycles. The SMILES string of the molecule is O=C(c1cc(-c2ccccc2)no1)N1CCCCC1CCO. The van der Waals surface area contributed by atoms with Gasteiger partial charge in [-0.15, -0.1) is 0 Å². The standard InChI is InChI=1S/C17H20N2O3/c20-11-9-14-8-4-5-10-19(14)17(21)16-12-15(18-22-16)13-6-2-1-3-7-13/h1-3,6-7,12,14,20H,4-5,8-11H2. The first-order chi connectivity index (χ1) is 10.8. The predicted octanol–water partition coefficient (Wildman–Crippen LogP) is 2.72. The molecule has 1 N–H and O–H groups in total. The van der Waals surface area contributed by atoms with E-state index in [1.807, 2.05) is 35.2 Å². The quantitative estimate of drug-likeness (QED) is 0.942. The normalized spacial score (nSPS) is 18.4. The van der Waals surface area contributed by atoms with Gasteiger partial charge in [-0.1, -0.05) is 35.5 Å². The first kappa shape index (κ1) is 14.8. The highest BCUT2D eigenvalue weighted by Gasteiger charge is 2.29. The number of aliphatic hydroxyl groups excluding tert-OH is 1. The van der Waals surface area contributed by atoms with Crippen LogP contribution in [0.2, 0.25) is 0 Å². The largest absolute Gasteiger partial charge is 0.396 e. The molecule has 1 aliphatic heterocycles. The van der Waals surface area contributed by atoms with E-state index in [0.29, 0.717) is 18.7 Å². The molecule has 1 saturated heterocycles. The van der Waals surface area contributed by atoms with Crippen LogP contribution in [0.15, 0.2) is 40.9 Å². The Morgan fingerprint density at radius 1 is 1.32 bits per heavy atom. The van der Waals surface area contributed by atoms with Crippen LogP contribution in [0.5, 0.6) is 0 Å². The Labute approximate surface area is 129 Å². The van der Waals surface area contributed by atoms with Crippen LogP contribution in [0.3, 0.4) is 0 Å². The zero-order valence-corrected chi connectivity index (χ0v) is 12.4. The Morgan fingerprint density at radius 3 is 2.91 bits per heavy atom. The molecule has 2 aromatic rings. The lowest BCUT2D eigenvalue weighted by Crippen LogP contribution is -2.44. The number of carbonyl (C=O) groups excluding carboxylic acids is 1. The molecule has 1 atom stereocenters. The molecule has 1 fully saturated rings. The van der Waals surface area contributed by atoms with E-state index < -0.39 is 0 Å². The number of aliphatic hydroxyl groups is 1. The third kappa shape index (κ3) is 3.04. The molecule has 1 unspecified atom stereocenters. The predicted molar refractivity (Wildman–Crippen MR) is 82.3 cm³/mol. The van der Waals surface area contributed by atoms with E-state index in [4.69, 9.17) is 9.63 Å². The summed E-state index contributed by atoms with van der Waals surface area (Å²) in [5, 5.41) is 13.2. The molecule has 0 aliphatic carbocycles. The number of benzene rings is 1. The van der Waals surface area contributed by atoms with Gasteiger partial charge in [-0.05, 0) is 25.7 Å². The van der Waals surface area contributed by atoms with E-state index in [-0.39, 0.29) is 24.3 Å². The van der Waals surface area contributed by atoms with Crippen molar-refractivity contribution < 1.29 is 14.4 Å². The van der Waals surface area contributed by atoms with Crippen molar-refractivity contribution in [2.45, 2.75) is 31.7 Å². The third-order valence-corrected chi connectivity index (χ3v) is 4.14. The smallest absolute Gasteiger partial charge is 0.292 e. The van der Waals surface area contributed by atoms with Gasteiger partial charge in [-0.3, -0.25) is 4.79 Å². The number of nitrogens with zero attached hydrogens (tertiary/aromatic N) is 2. The van der Waals surface area contributed by atoms with Crippen LogP contribution < -0.4 is 0 Å². The molecule has 116 valence electrons. The van der Waals surface area contributed by atoms with Crippen molar-refractivity contribution in [2.75, 3.05) is 13.2 Å². The summed E-state index contributed by atoms with van der Waals surface area (Å²) in [5.41, 5.74) is 1.59. The van der Waals surface area contributed by atoms with Crippen molar-refractivity contribution in [2.24, 2.45) is 0 Å². The van der Waals surface area contributed by atoms with Gasteiger partial charge in [0, 0.05) is 30.8 Å². The van der Waals surface area contributed by atoms with Crippen LogP contribution in [0.4, 0.5) is 0 Å². The van der Waals surface area contributed by atoms with E-state index >= 15 is 0 Å². The summed E-state index contributed by atoms with van der Waals surface area (Å²) >= 11 is 0. The molecular weight excluding hydrogens is 280 g/mol. The van der Waals surface area contributed by atoms with E-state index in [1.54, 1.807) is 6.07 Å². The highest BCUT2D eigenvalue weighted by Crippen LogP contribution is 2.24. The van der Waals surface area contributed by atoms with Gasteiger partial charge in [0.25, 0.3) is 5.91 Å². The second kappa shape index (κ2) is 6.75. The molecular formula is C17H20N2O3. The molecule has 5 nitrogen and oxygen atoms in total.